The fraction of sp³-hybridized carbons (Fsp3) is 0.174. The number of aromatic nitrogens is 2. The molecule has 0 aliphatic carbocycles. The highest BCUT2D eigenvalue weighted by Gasteiger charge is 2.31. The molecule has 5 rings (SSSR count). The standard InChI is InChI=1S/C23H19ClN4O3S2/c24-19-3-1-18-14-20(4-2-17(18)13-19)33(30,31)28-11-9-27(10-12-28)23(29)21-15-32-22(26-21)16-5-7-25-8-6-16/h1-8,13-15H,9-12H2. The third-order valence-corrected chi connectivity index (χ3v) is 8.61. The average molecular weight is 499 g/mol. The number of rotatable bonds is 4. The van der Waals surface area contributed by atoms with Crippen LogP contribution >= 0.6 is 22.9 Å². The number of benzene rings is 2. The molecule has 1 amide bonds. The van der Waals surface area contributed by atoms with Gasteiger partial charge in [-0.05, 0) is 47.2 Å². The molecule has 0 unspecified atom stereocenters. The Kier molecular flexibility index (Phi) is 5.88. The molecule has 10 heteroatoms. The zero-order valence-electron chi connectivity index (χ0n) is 17.4. The molecule has 1 aliphatic rings. The lowest BCUT2D eigenvalue weighted by Gasteiger charge is -2.33. The third kappa shape index (κ3) is 4.37. The van der Waals surface area contributed by atoms with E-state index in [1.807, 2.05) is 12.1 Å². The van der Waals surface area contributed by atoms with E-state index >= 15 is 0 Å². The summed E-state index contributed by atoms with van der Waals surface area (Å²) < 4.78 is 27.8. The lowest BCUT2D eigenvalue weighted by molar-refractivity contribution is 0.0693. The smallest absolute Gasteiger partial charge is 0.273 e. The Morgan fingerprint density at radius 2 is 1.64 bits per heavy atom. The minimum absolute atomic E-state index is 0.189. The van der Waals surface area contributed by atoms with Gasteiger partial charge in [0.15, 0.2) is 0 Å². The molecular weight excluding hydrogens is 480 g/mol. The van der Waals surface area contributed by atoms with E-state index < -0.39 is 10.0 Å². The lowest BCUT2D eigenvalue weighted by atomic mass is 10.1. The van der Waals surface area contributed by atoms with Gasteiger partial charge in [0.05, 0.1) is 4.90 Å². The Hall–Kier alpha value is -2.85. The monoisotopic (exact) mass is 498 g/mol. The second-order valence-electron chi connectivity index (χ2n) is 7.62. The number of carbonyl (C=O) groups excluding carboxylic acids is 1. The Morgan fingerprint density at radius 3 is 2.39 bits per heavy atom. The molecule has 0 saturated carbocycles. The van der Waals surface area contributed by atoms with Crippen molar-refractivity contribution < 1.29 is 13.2 Å². The van der Waals surface area contributed by atoms with Gasteiger partial charge in [-0.3, -0.25) is 9.78 Å². The van der Waals surface area contributed by atoms with Gasteiger partial charge in [0, 0.05) is 54.5 Å². The van der Waals surface area contributed by atoms with Gasteiger partial charge >= 0.3 is 0 Å². The number of fused-ring (bicyclic) bond motifs is 1. The number of nitrogens with zero attached hydrogens (tertiary/aromatic N) is 4. The molecule has 0 N–H and O–H groups in total. The molecular formula is C23H19ClN4O3S2. The average Bonchev–Trinajstić information content (AvgIpc) is 3.34. The van der Waals surface area contributed by atoms with Crippen LogP contribution < -0.4 is 0 Å². The maximum absolute atomic E-state index is 13.2. The molecule has 0 spiro atoms. The van der Waals surface area contributed by atoms with E-state index in [4.69, 9.17) is 11.6 Å². The summed E-state index contributed by atoms with van der Waals surface area (Å²) in [6.45, 7) is 1.08. The summed E-state index contributed by atoms with van der Waals surface area (Å²) in [6, 6.07) is 14.1. The van der Waals surface area contributed by atoms with Crippen molar-refractivity contribution >= 4 is 49.6 Å². The first kappa shape index (κ1) is 22.0. The van der Waals surface area contributed by atoms with Crippen molar-refractivity contribution in [3.8, 4) is 10.6 Å². The first-order chi connectivity index (χ1) is 15.9. The second kappa shape index (κ2) is 8.83. The van der Waals surface area contributed by atoms with Crippen molar-refractivity contribution in [2.24, 2.45) is 0 Å². The first-order valence-corrected chi connectivity index (χ1v) is 13.0. The summed E-state index contributed by atoms with van der Waals surface area (Å²) in [7, 11) is -3.67. The number of hydrogen-bond acceptors (Lipinski definition) is 6. The maximum atomic E-state index is 13.2. The highest BCUT2D eigenvalue weighted by molar-refractivity contribution is 7.89. The topological polar surface area (TPSA) is 83.5 Å². The van der Waals surface area contributed by atoms with Gasteiger partial charge in [0.1, 0.15) is 10.7 Å². The number of carbonyl (C=O) groups is 1. The van der Waals surface area contributed by atoms with Crippen LogP contribution in [0.5, 0.6) is 0 Å². The summed E-state index contributed by atoms with van der Waals surface area (Å²) in [5.41, 5.74) is 1.28. The van der Waals surface area contributed by atoms with Gasteiger partial charge in [-0.15, -0.1) is 11.3 Å². The van der Waals surface area contributed by atoms with E-state index in [0.29, 0.717) is 23.8 Å². The Labute approximate surface area is 200 Å². The van der Waals surface area contributed by atoms with Crippen LogP contribution in [-0.2, 0) is 10.0 Å². The zero-order valence-corrected chi connectivity index (χ0v) is 19.8. The summed E-state index contributed by atoms with van der Waals surface area (Å²) in [5.74, 6) is -0.189. The number of amides is 1. The molecule has 3 heterocycles. The van der Waals surface area contributed by atoms with Gasteiger partial charge in [-0.25, -0.2) is 13.4 Å². The van der Waals surface area contributed by atoms with E-state index in [9.17, 15) is 13.2 Å². The molecule has 33 heavy (non-hydrogen) atoms. The number of thiazole rings is 1. The van der Waals surface area contributed by atoms with Gasteiger partial charge in [0.25, 0.3) is 5.91 Å². The van der Waals surface area contributed by atoms with Crippen LogP contribution in [0, 0.1) is 0 Å². The van der Waals surface area contributed by atoms with E-state index in [2.05, 4.69) is 9.97 Å². The highest BCUT2D eigenvalue weighted by atomic mass is 35.5. The SMILES string of the molecule is O=C(c1csc(-c2ccncc2)n1)N1CCN(S(=O)(=O)c2ccc3cc(Cl)ccc3c2)CC1. The van der Waals surface area contributed by atoms with Crippen LogP contribution in [0.1, 0.15) is 10.5 Å². The number of sulfonamides is 1. The Balaban J connectivity index is 1.28. The molecule has 1 saturated heterocycles. The van der Waals surface area contributed by atoms with Crippen molar-refractivity contribution in [3.05, 3.63) is 77.0 Å². The molecule has 2 aromatic heterocycles. The van der Waals surface area contributed by atoms with Crippen molar-refractivity contribution in [2.45, 2.75) is 4.90 Å². The minimum atomic E-state index is -3.67. The zero-order chi connectivity index (χ0) is 23.0. The molecule has 168 valence electrons. The molecule has 7 nitrogen and oxygen atoms in total. The van der Waals surface area contributed by atoms with E-state index in [1.54, 1.807) is 59.1 Å². The van der Waals surface area contributed by atoms with Gasteiger partial charge in [0.2, 0.25) is 10.0 Å². The van der Waals surface area contributed by atoms with E-state index in [0.717, 1.165) is 21.3 Å². The van der Waals surface area contributed by atoms with Crippen LogP contribution in [0.4, 0.5) is 0 Å². The van der Waals surface area contributed by atoms with Crippen molar-refractivity contribution in [3.63, 3.8) is 0 Å². The summed E-state index contributed by atoms with van der Waals surface area (Å²) in [4.78, 5) is 23.3. The quantitative estimate of drug-likeness (QED) is 0.422. The molecule has 0 radical (unpaired) electrons. The van der Waals surface area contributed by atoms with Crippen molar-refractivity contribution in [1.82, 2.24) is 19.2 Å². The number of halogens is 1. The Bertz CT molecular complexity index is 1430. The predicted molar refractivity (Wildman–Crippen MR) is 129 cm³/mol. The van der Waals surface area contributed by atoms with E-state index in [1.165, 1.54) is 15.6 Å². The van der Waals surface area contributed by atoms with Crippen LogP contribution in [-0.4, -0.2) is 59.7 Å². The third-order valence-electron chi connectivity index (χ3n) is 5.59. The van der Waals surface area contributed by atoms with Crippen molar-refractivity contribution in [2.75, 3.05) is 26.2 Å². The van der Waals surface area contributed by atoms with Gasteiger partial charge < -0.3 is 4.90 Å². The predicted octanol–water partition coefficient (Wildman–Crippen LogP) is 4.16. The van der Waals surface area contributed by atoms with Crippen LogP contribution in [0.3, 0.4) is 0 Å². The summed E-state index contributed by atoms with van der Waals surface area (Å²) >= 11 is 7.42. The summed E-state index contributed by atoms with van der Waals surface area (Å²) in [6.07, 6.45) is 3.37. The van der Waals surface area contributed by atoms with Crippen LogP contribution in [0.15, 0.2) is 71.2 Å². The van der Waals surface area contributed by atoms with Crippen LogP contribution in [0.25, 0.3) is 21.3 Å². The second-order valence-corrected chi connectivity index (χ2v) is 10.9. The fourth-order valence-electron chi connectivity index (χ4n) is 3.80. The molecule has 0 atom stereocenters. The fourth-order valence-corrected chi connectivity index (χ4v) is 6.24. The Morgan fingerprint density at radius 1 is 0.939 bits per heavy atom. The van der Waals surface area contributed by atoms with Crippen LogP contribution in [0.2, 0.25) is 5.02 Å². The molecule has 0 bridgehead atoms. The number of pyridine rings is 1. The molecule has 1 fully saturated rings. The summed E-state index contributed by atoms with van der Waals surface area (Å²) in [5, 5.41) is 4.78. The maximum Gasteiger partial charge on any atom is 0.273 e. The lowest BCUT2D eigenvalue weighted by Crippen LogP contribution is -2.50. The number of piperazine rings is 1. The van der Waals surface area contributed by atoms with Crippen molar-refractivity contribution in [1.29, 1.82) is 0 Å². The number of hydrogen-bond donors (Lipinski definition) is 0. The molecule has 2 aromatic carbocycles. The largest absolute Gasteiger partial charge is 0.335 e. The van der Waals surface area contributed by atoms with E-state index in [-0.39, 0.29) is 23.9 Å². The minimum Gasteiger partial charge on any atom is -0.335 e. The highest BCUT2D eigenvalue weighted by Crippen LogP contribution is 2.26. The molecule has 1 aliphatic heterocycles. The molecule has 4 aromatic rings. The normalized spacial score (nSPS) is 15.1. The van der Waals surface area contributed by atoms with Gasteiger partial charge in [-0.2, -0.15) is 4.31 Å². The first-order valence-electron chi connectivity index (χ1n) is 10.3. The van der Waals surface area contributed by atoms with Gasteiger partial charge in [-0.1, -0.05) is 23.7 Å².